The van der Waals surface area contributed by atoms with E-state index in [-0.39, 0.29) is 29.4 Å². The van der Waals surface area contributed by atoms with Crippen LogP contribution < -0.4 is 10.3 Å². The van der Waals surface area contributed by atoms with Crippen LogP contribution >= 0.6 is 12.4 Å². The molecular formula is C26H26ClFN6O3. The van der Waals surface area contributed by atoms with Gasteiger partial charge < -0.3 is 14.6 Å². The van der Waals surface area contributed by atoms with Crippen molar-refractivity contribution in [2.24, 2.45) is 0 Å². The molecule has 2 aromatic heterocycles. The lowest BCUT2D eigenvalue weighted by Crippen LogP contribution is -2.46. The molecule has 11 heteroatoms. The van der Waals surface area contributed by atoms with Crippen LogP contribution in [0.2, 0.25) is 0 Å². The first kappa shape index (κ1) is 24.9. The smallest absolute Gasteiger partial charge is 0.341 e. The maximum Gasteiger partial charge on any atom is 0.341 e. The molecule has 0 bridgehead atoms. The number of fused-ring (bicyclic) bond motifs is 1. The Morgan fingerprint density at radius 3 is 2.43 bits per heavy atom. The molecule has 1 saturated heterocycles. The number of piperazine rings is 1. The van der Waals surface area contributed by atoms with E-state index in [2.05, 4.69) is 27.1 Å². The summed E-state index contributed by atoms with van der Waals surface area (Å²) in [6.45, 7) is 3.65. The third kappa shape index (κ3) is 4.82. The number of hydrogen-bond donors (Lipinski definition) is 1. The topological polar surface area (TPSA) is 96.5 Å². The van der Waals surface area contributed by atoms with Crippen molar-refractivity contribution in [3.8, 4) is 5.69 Å². The van der Waals surface area contributed by atoms with Crippen LogP contribution in [-0.4, -0.2) is 61.5 Å². The fraction of sp³-hybridized carbons (Fsp3) is 0.308. The van der Waals surface area contributed by atoms with E-state index in [0.717, 1.165) is 38.2 Å². The van der Waals surface area contributed by atoms with Gasteiger partial charge >= 0.3 is 5.97 Å². The van der Waals surface area contributed by atoms with Gasteiger partial charge in [0.05, 0.1) is 16.9 Å². The number of aromatic nitrogens is 4. The maximum absolute atomic E-state index is 15.2. The minimum Gasteiger partial charge on any atom is -0.477 e. The van der Waals surface area contributed by atoms with Gasteiger partial charge in [0, 0.05) is 50.3 Å². The zero-order valence-electron chi connectivity index (χ0n) is 20.0. The molecule has 1 aliphatic carbocycles. The summed E-state index contributed by atoms with van der Waals surface area (Å²) >= 11 is 0. The third-order valence-electron chi connectivity index (χ3n) is 7.01. The van der Waals surface area contributed by atoms with Crippen LogP contribution in [0.5, 0.6) is 0 Å². The molecule has 0 unspecified atom stereocenters. The van der Waals surface area contributed by atoms with Crippen LogP contribution in [0.1, 0.15) is 34.8 Å². The fourth-order valence-electron chi connectivity index (χ4n) is 4.91. The number of rotatable bonds is 6. The first-order valence-corrected chi connectivity index (χ1v) is 12.0. The molecule has 0 atom stereocenters. The molecule has 1 aliphatic heterocycles. The molecular weight excluding hydrogens is 499 g/mol. The summed E-state index contributed by atoms with van der Waals surface area (Å²) in [5.74, 6) is -1.79. The summed E-state index contributed by atoms with van der Waals surface area (Å²) in [6.07, 6.45) is 6.42. The summed E-state index contributed by atoms with van der Waals surface area (Å²) in [7, 11) is 0. The summed E-state index contributed by atoms with van der Waals surface area (Å²) in [4.78, 5) is 32.6. The summed E-state index contributed by atoms with van der Waals surface area (Å²) in [5.41, 5.74) is 2.24. The second kappa shape index (κ2) is 9.95. The van der Waals surface area contributed by atoms with Gasteiger partial charge in [-0.2, -0.15) is 5.10 Å². The van der Waals surface area contributed by atoms with Crippen LogP contribution in [0, 0.1) is 5.82 Å². The molecule has 0 radical (unpaired) electrons. The van der Waals surface area contributed by atoms with Gasteiger partial charge in [0.2, 0.25) is 5.43 Å². The SMILES string of the molecule is Cl.O=C(O)c1cn(C2CC2)c2cc(N3CCN(Cc4ccc(-n5cncn5)cc4)CC3)c(F)cc2c1=O. The summed E-state index contributed by atoms with van der Waals surface area (Å²) < 4.78 is 18.8. The van der Waals surface area contributed by atoms with E-state index < -0.39 is 17.2 Å². The number of nitrogens with zero attached hydrogens (tertiary/aromatic N) is 6. The molecule has 0 spiro atoms. The quantitative estimate of drug-likeness (QED) is 0.412. The molecule has 2 aliphatic rings. The average Bonchev–Trinajstić information content (AvgIpc) is 3.58. The molecule has 1 N–H and O–H groups in total. The highest BCUT2D eigenvalue weighted by Gasteiger charge is 2.28. The van der Waals surface area contributed by atoms with Crippen molar-refractivity contribution >= 4 is 35.0 Å². The lowest BCUT2D eigenvalue weighted by molar-refractivity contribution is 0.0695. The highest BCUT2D eigenvalue weighted by atomic mass is 35.5. The maximum atomic E-state index is 15.2. The number of pyridine rings is 1. The Hall–Kier alpha value is -3.76. The average molecular weight is 525 g/mol. The van der Waals surface area contributed by atoms with Crippen molar-refractivity contribution in [1.29, 1.82) is 0 Å². The Morgan fingerprint density at radius 2 is 1.81 bits per heavy atom. The first-order chi connectivity index (χ1) is 17.5. The number of carboxylic acid groups (broad SMARTS) is 1. The van der Waals surface area contributed by atoms with E-state index in [1.807, 2.05) is 21.6 Å². The van der Waals surface area contributed by atoms with Crippen LogP contribution in [0.15, 0.2) is 60.0 Å². The molecule has 37 heavy (non-hydrogen) atoms. The standard InChI is InChI=1S/C26H25FN6O3.ClH/c27-22-11-20-23(32(18-5-6-18)14-21(25(20)34)26(35)36)12-24(22)31-9-7-30(8-10-31)13-17-1-3-19(4-2-17)33-16-28-15-29-33;/h1-4,11-12,14-16,18H,5-10,13H2,(H,35,36);1H. The van der Waals surface area contributed by atoms with Gasteiger partial charge in [0.25, 0.3) is 0 Å². The van der Waals surface area contributed by atoms with Crippen molar-refractivity contribution in [3.63, 3.8) is 0 Å². The number of carboxylic acids is 1. The van der Waals surface area contributed by atoms with E-state index in [9.17, 15) is 14.7 Å². The van der Waals surface area contributed by atoms with Crippen molar-refractivity contribution in [2.45, 2.75) is 25.4 Å². The minimum atomic E-state index is -1.29. The van der Waals surface area contributed by atoms with E-state index in [1.54, 1.807) is 17.1 Å². The highest BCUT2D eigenvalue weighted by Crippen LogP contribution is 2.38. The van der Waals surface area contributed by atoms with Crippen molar-refractivity contribution < 1.29 is 14.3 Å². The lowest BCUT2D eigenvalue weighted by Gasteiger charge is -2.36. The van der Waals surface area contributed by atoms with Crippen LogP contribution in [0.3, 0.4) is 0 Å². The normalized spacial score (nSPS) is 16.1. The van der Waals surface area contributed by atoms with Gasteiger partial charge in [-0.15, -0.1) is 12.4 Å². The van der Waals surface area contributed by atoms with E-state index >= 15 is 4.39 Å². The van der Waals surface area contributed by atoms with Gasteiger partial charge in [-0.05, 0) is 42.7 Å². The number of carbonyl (C=O) groups is 1. The van der Waals surface area contributed by atoms with Gasteiger partial charge in [-0.3, -0.25) is 9.69 Å². The lowest BCUT2D eigenvalue weighted by atomic mass is 10.1. The molecule has 2 aromatic carbocycles. The summed E-state index contributed by atoms with van der Waals surface area (Å²) in [6, 6.07) is 11.3. The molecule has 6 rings (SSSR count). The Labute approximate surface area is 218 Å². The molecule has 1 saturated carbocycles. The fourth-order valence-corrected chi connectivity index (χ4v) is 4.91. The van der Waals surface area contributed by atoms with E-state index in [1.165, 1.54) is 24.2 Å². The van der Waals surface area contributed by atoms with Crippen molar-refractivity contribution in [1.82, 2.24) is 24.2 Å². The second-order valence-electron chi connectivity index (χ2n) is 9.41. The number of halogens is 2. The second-order valence-corrected chi connectivity index (χ2v) is 9.41. The van der Waals surface area contributed by atoms with Crippen molar-refractivity contribution in [2.75, 3.05) is 31.1 Å². The van der Waals surface area contributed by atoms with Crippen LogP contribution in [0.25, 0.3) is 16.6 Å². The van der Waals surface area contributed by atoms with Gasteiger partial charge in [0.1, 0.15) is 24.0 Å². The number of aromatic carboxylic acids is 1. The predicted molar refractivity (Wildman–Crippen MR) is 139 cm³/mol. The third-order valence-corrected chi connectivity index (χ3v) is 7.01. The Balaban J connectivity index is 0.00000280. The van der Waals surface area contributed by atoms with Crippen LogP contribution in [0.4, 0.5) is 10.1 Å². The molecule has 3 heterocycles. The number of hydrogen-bond acceptors (Lipinski definition) is 6. The van der Waals surface area contributed by atoms with Crippen LogP contribution in [-0.2, 0) is 6.54 Å². The number of anilines is 1. The molecule has 0 amide bonds. The van der Waals surface area contributed by atoms with Gasteiger partial charge in [-0.1, -0.05) is 12.1 Å². The Kier molecular flexibility index (Phi) is 6.70. The molecule has 192 valence electrons. The van der Waals surface area contributed by atoms with Crippen molar-refractivity contribution in [3.05, 3.63) is 82.4 Å². The van der Waals surface area contributed by atoms with E-state index in [0.29, 0.717) is 24.3 Å². The number of benzene rings is 2. The Bertz CT molecular complexity index is 1490. The van der Waals surface area contributed by atoms with E-state index in [4.69, 9.17) is 0 Å². The zero-order chi connectivity index (χ0) is 24.8. The largest absolute Gasteiger partial charge is 0.477 e. The zero-order valence-corrected chi connectivity index (χ0v) is 20.8. The monoisotopic (exact) mass is 524 g/mol. The minimum absolute atomic E-state index is 0. The van der Waals surface area contributed by atoms with Gasteiger partial charge in [-0.25, -0.2) is 18.9 Å². The first-order valence-electron chi connectivity index (χ1n) is 12.0. The molecule has 9 nitrogen and oxygen atoms in total. The highest BCUT2D eigenvalue weighted by molar-refractivity contribution is 5.93. The summed E-state index contributed by atoms with van der Waals surface area (Å²) in [5, 5.41) is 13.7. The van der Waals surface area contributed by atoms with Gasteiger partial charge in [0.15, 0.2) is 0 Å². The Morgan fingerprint density at radius 1 is 1.08 bits per heavy atom. The molecule has 4 aromatic rings. The predicted octanol–water partition coefficient (Wildman–Crippen LogP) is 3.50. The molecule has 2 fully saturated rings.